The van der Waals surface area contributed by atoms with E-state index in [1.807, 2.05) is 12.1 Å². The first-order valence-electron chi connectivity index (χ1n) is 6.57. The zero-order chi connectivity index (χ0) is 14.4. The van der Waals surface area contributed by atoms with Crippen molar-refractivity contribution in [2.24, 2.45) is 0 Å². The summed E-state index contributed by atoms with van der Waals surface area (Å²) in [6.45, 7) is 1.45. The Hall–Kier alpha value is -1.17. The van der Waals surface area contributed by atoms with Gasteiger partial charge in [-0.25, -0.2) is 0 Å². The van der Waals surface area contributed by atoms with E-state index in [-0.39, 0.29) is 18.4 Å². The van der Waals surface area contributed by atoms with Gasteiger partial charge in [0.2, 0.25) is 5.91 Å². The topological polar surface area (TPSA) is 50.4 Å². The Morgan fingerprint density at radius 3 is 2.80 bits per heavy atom. The lowest BCUT2D eigenvalue weighted by molar-refractivity contribution is -0.119. The van der Waals surface area contributed by atoms with Crippen molar-refractivity contribution in [3.8, 4) is 0 Å². The number of rotatable bonds is 4. The highest BCUT2D eigenvalue weighted by atomic mass is 35.5. The van der Waals surface area contributed by atoms with Crippen LogP contribution in [0.2, 0.25) is 5.02 Å². The lowest BCUT2D eigenvalue weighted by Gasteiger charge is -2.13. The van der Waals surface area contributed by atoms with Crippen LogP contribution in [-0.2, 0) is 16.0 Å². The van der Waals surface area contributed by atoms with E-state index in [9.17, 15) is 4.79 Å². The summed E-state index contributed by atoms with van der Waals surface area (Å²) in [5.41, 5.74) is 0.897. The SMILES string of the molecule is O=C(Cc1ccc(Cl)cc1)NC(=S)NCC1CCCO1. The molecule has 1 aromatic carbocycles. The van der Waals surface area contributed by atoms with Crippen molar-refractivity contribution in [1.29, 1.82) is 0 Å². The van der Waals surface area contributed by atoms with Crippen molar-refractivity contribution in [3.63, 3.8) is 0 Å². The molecule has 20 heavy (non-hydrogen) atoms. The first-order chi connectivity index (χ1) is 9.63. The zero-order valence-corrected chi connectivity index (χ0v) is 12.6. The lowest BCUT2D eigenvalue weighted by atomic mass is 10.1. The molecule has 1 aliphatic heterocycles. The van der Waals surface area contributed by atoms with Crippen LogP contribution in [0.15, 0.2) is 24.3 Å². The number of carbonyl (C=O) groups is 1. The Kier molecular flexibility index (Phi) is 5.76. The summed E-state index contributed by atoms with van der Waals surface area (Å²) in [4.78, 5) is 11.8. The van der Waals surface area contributed by atoms with Gasteiger partial charge in [0.1, 0.15) is 0 Å². The van der Waals surface area contributed by atoms with E-state index < -0.39 is 0 Å². The van der Waals surface area contributed by atoms with Crippen LogP contribution in [0.3, 0.4) is 0 Å². The van der Waals surface area contributed by atoms with Gasteiger partial charge in [-0.15, -0.1) is 0 Å². The van der Waals surface area contributed by atoms with Gasteiger partial charge in [0.25, 0.3) is 0 Å². The van der Waals surface area contributed by atoms with Crippen molar-refractivity contribution >= 4 is 34.8 Å². The van der Waals surface area contributed by atoms with Gasteiger partial charge in [-0.05, 0) is 42.8 Å². The molecule has 0 saturated carbocycles. The van der Waals surface area contributed by atoms with Crippen molar-refractivity contribution in [1.82, 2.24) is 10.6 Å². The maximum atomic E-state index is 11.8. The average Bonchev–Trinajstić information content (AvgIpc) is 2.92. The lowest BCUT2D eigenvalue weighted by Crippen LogP contribution is -2.42. The van der Waals surface area contributed by atoms with Gasteiger partial charge < -0.3 is 15.4 Å². The Morgan fingerprint density at radius 2 is 2.15 bits per heavy atom. The predicted molar refractivity (Wildman–Crippen MR) is 82.9 cm³/mol. The number of thiocarbonyl (C=S) groups is 1. The highest BCUT2D eigenvalue weighted by Gasteiger charge is 2.15. The second kappa shape index (κ2) is 7.57. The molecule has 1 aliphatic rings. The molecule has 1 amide bonds. The molecule has 1 atom stereocenters. The monoisotopic (exact) mass is 312 g/mol. The van der Waals surface area contributed by atoms with Gasteiger partial charge >= 0.3 is 0 Å². The molecule has 1 aromatic rings. The molecule has 2 rings (SSSR count). The standard InChI is InChI=1S/C14H17ClN2O2S/c15-11-5-3-10(4-6-11)8-13(18)17-14(20)16-9-12-2-1-7-19-12/h3-6,12H,1-2,7-9H2,(H2,16,17,18,20). The van der Waals surface area contributed by atoms with Crippen molar-refractivity contribution in [3.05, 3.63) is 34.9 Å². The first-order valence-corrected chi connectivity index (χ1v) is 7.36. The molecule has 108 valence electrons. The number of hydrogen-bond acceptors (Lipinski definition) is 3. The van der Waals surface area contributed by atoms with E-state index >= 15 is 0 Å². The summed E-state index contributed by atoms with van der Waals surface area (Å²) in [6, 6.07) is 7.17. The molecule has 1 heterocycles. The van der Waals surface area contributed by atoms with E-state index in [1.54, 1.807) is 12.1 Å². The molecular formula is C14H17ClN2O2S. The number of benzene rings is 1. The molecule has 4 nitrogen and oxygen atoms in total. The molecule has 6 heteroatoms. The van der Waals surface area contributed by atoms with Crippen LogP contribution in [0.25, 0.3) is 0 Å². The number of hydrogen-bond donors (Lipinski definition) is 2. The van der Waals surface area contributed by atoms with E-state index in [4.69, 9.17) is 28.6 Å². The van der Waals surface area contributed by atoms with E-state index in [2.05, 4.69) is 10.6 Å². The predicted octanol–water partition coefficient (Wildman–Crippen LogP) is 2.05. The molecule has 1 unspecified atom stereocenters. The van der Waals surface area contributed by atoms with Gasteiger partial charge in [0, 0.05) is 18.2 Å². The number of nitrogens with one attached hydrogen (secondary N) is 2. The van der Waals surface area contributed by atoms with Crippen LogP contribution in [-0.4, -0.2) is 30.3 Å². The molecule has 1 saturated heterocycles. The molecule has 0 radical (unpaired) electrons. The van der Waals surface area contributed by atoms with Gasteiger partial charge in [-0.1, -0.05) is 23.7 Å². The molecule has 0 aromatic heterocycles. The third-order valence-corrected chi connectivity index (χ3v) is 3.54. The molecule has 0 bridgehead atoms. The third-order valence-electron chi connectivity index (χ3n) is 3.05. The normalized spacial score (nSPS) is 17.8. The summed E-state index contributed by atoms with van der Waals surface area (Å²) in [6.07, 6.45) is 2.59. The Bertz CT molecular complexity index is 473. The van der Waals surface area contributed by atoms with Crippen LogP contribution in [0.4, 0.5) is 0 Å². The van der Waals surface area contributed by atoms with Crippen LogP contribution in [0.1, 0.15) is 18.4 Å². The molecule has 1 fully saturated rings. The van der Waals surface area contributed by atoms with Crippen LogP contribution >= 0.6 is 23.8 Å². The summed E-state index contributed by atoms with van der Waals surface area (Å²) < 4.78 is 5.47. The van der Waals surface area contributed by atoms with Crippen LogP contribution in [0.5, 0.6) is 0 Å². The highest BCUT2D eigenvalue weighted by Crippen LogP contribution is 2.11. The largest absolute Gasteiger partial charge is 0.376 e. The van der Waals surface area contributed by atoms with Gasteiger partial charge in [-0.2, -0.15) is 0 Å². The van der Waals surface area contributed by atoms with Crippen LogP contribution < -0.4 is 10.6 Å². The summed E-state index contributed by atoms with van der Waals surface area (Å²) in [5.74, 6) is -0.142. The fourth-order valence-electron chi connectivity index (χ4n) is 2.01. The zero-order valence-electron chi connectivity index (χ0n) is 11.0. The summed E-state index contributed by atoms with van der Waals surface area (Å²) >= 11 is 10.9. The number of carbonyl (C=O) groups excluding carboxylic acids is 1. The third kappa shape index (κ3) is 5.07. The van der Waals surface area contributed by atoms with E-state index in [0.29, 0.717) is 16.7 Å². The minimum atomic E-state index is -0.142. The highest BCUT2D eigenvalue weighted by molar-refractivity contribution is 7.80. The fraction of sp³-hybridized carbons (Fsp3) is 0.429. The molecule has 0 spiro atoms. The van der Waals surface area contributed by atoms with Crippen molar-refractivity contribution < 1.29 is 9.53 Å². The van der Waals surface area contributed by atoms with Crippen LogP contribution in [0, 0.1) is 0 Å². The maximum absolute atomic E-state index is 11.8. The quantitative estimate of drug-likeness (QED) is 0.836. The summed E-state index contributed by atoms with van der Waals surface area (Å²) in [7, 11) is 0. The van der Waals surface area contributed by atoms with Crippen molar-refractivity contribution in [2.75, 3.05) is 13.2 Å². The Morgan fingerprint density at radius 1 is 1.40 bits per heavy atom. The fourth-order valence-corrected chi connectivity index (χ4v) is 2.34. The minimum Gasteiger partial charge on any atom is -0.376 e. The Balaban J connectivity index is 1.70. The van der Waals surface area contributed by atoms with Gasteiger partial charge in [-0.3, -0.25) is 4.79 Å². The smallest absolute Gasteiger partial charge is 0.230 e. The number of ether oxygens (including phenoxy) is 1. The molecular weight excluding hydrogens is 296 g/mol. The second-order valence-corrected chi connectivity index (χ2v) is 5.54. The van der Waals surface area contributed by atoms with E-state index in [0.717, 1.165) is 25.0 Å². The maximum Gasteiger partial charge on any atom is 0.230 e. The first kappa shape index (κ1) is 15.2. The Labute approximate surface area is 128 Å². The average molecular weight is 313 g/mol. The van der Waals surface area contributed by atoms with Gasteiger partial charge in [0.05, 0.1) is 12.5 Å². The van der Waals surface area contributed by atoms with E-state index in [1.165, 1.54) is 0 Å². The second-order valence-electron chi connectivity index (χ2n) is 4.70. The van der Waals surface area contributed by atoms with Crippen molar-refractivity contribution in [2.45, 2.75) is 25.4 Å². The molecule has 0 aliphatic carbocycles. The minimum absolute atomic E-state index is 0.142. The number of halogens is 1. The summed E-state index contributed by atoms with van der Waals surface area (Å²) in [5, 5.41) is 6.67. The molecule has 2 N–H and O–H groups in total. The number of amides is 1. The van der Waals surface area contributed by atoms with Gasteiger partial charge in [0.15, 0.2) is 5.11 Å².